The second-order valence-electron chi connectivity index (χ2n) is 1.40. The lowest BCUT2D eigenvalue weighted by Gasteiger charge is -1.79. The highest BCUT2D eigenvalue weighted by Crippen LogP contribution is 2.05. The number of hydrogen-bond acceptors (Lipinski definition) is 3. The number of nitrogens with zero attached hydrogens (tertiary/aromatic N) is 3. The minimum Gasteiger partial charge on any atom is -0.269 e. The first-order valence-electron chi connectivity index (χ1n) is 3.61. The molecule has 0 aliphatic heterocycles. The van der Waals surface area contributed by atoms with Crippen LogP contribution in [0.2, 0.25) is 0 Å². The van der Waals surface area contributed by atoms with E-state index in [4.69, 9.17) is 4.11 Å². The summed E-state index contributed by atoms with van der Waals surface area (Å²) < 4.78 is 21.1. The maximum Gasteiger partial charge on any atom is 0.306 e. The Balaban J connectivity index is 3.00. The van der Waals surface area contributed by atoms with Gasteiger partial charge >= 0.3 is 5.69 Å². The number of nitro groups is 1. The van der Waals surface area contributed by atoms with E-state index in [1.165, 1.54) is 0 Å². The van der Waals surface area contributed by atoms with E-state index in [1.807, 2.05) is 0 Å². The standard InChI is InChI=1S/C4H5N3O2/c1-6-3-4(2-5-6)7(8)9/h2-3H,1H3/i1D3. The molecular formula is C4H5N3O2. The molecule has 0 radical (unpaired) electrons. The Bertz CT molecular complexity index is 305. The Hall–Kier alpha value is -1.39. The van der Waals surface area contributed by atoms with Gasteiger partial charge < -0.3 is 0 Å². The van der Waals surface area contributed by atoms with Crippen LogP contribution in [0.3, 0.4) is 0 Å². The molecule has 0 atom stereocenters. The highest BCUT2D eigenvalue weighted by molar-refractivity contribution is 5.20. The summed E-state index contributed by atoms with van der Waals surface area (Å²) in [7, 11) is 0. The van der Waals surface area contributed by atoms with Crippen molar-refractivity contribution in [1.82, 2.24) is 9.78 Å². The molecular weight excluding hydrogens is 122 g/mol. The molecule has 48 valence electrons. The van der Waals surface area contributed by atoms with Crippen molar-refractivity contribution in [2.75, 3.05) is 0 Å². The van der Waals surface area contributed by atoms with Gasteiger partial charge in [-0.15, -0.1) is 0 Å². The zero-order chi connectivity index (χ0) is 9.35. The first kappa shape index (κ1) is 2.95. The average Bonchev–Trinajstić information content (AvgIpc) is 2.30. The first-order chi connectivity index (χ1) is 5.41. The molecule has 0 bridgehead atoms. The highest BCUT2D eigenvalue weighted by atomic mass is 16.6. The summed E-state index contributed by atoms with van der Waals surface area (Å²) in [5.41, 5.74) is -0.328. The Morgan fingerprint density at radius 3 is 3.22 bits per heavy atom. The third kappa shape index (κ3) is 1.04. The number of aryl methyl sites for hydroxylation is 1. The van der Waals surface area contributed by atoms with Crippen molar-refractivity contribution in [2.45, 2.75) is 0 Å². The van der Waals surface area contributed by atoms with Gasteiger partial charge in [-0.1, -0.05) is 0 Å². The van der Waals surface area contributed by atoms with Crippen molar-refractivity contribution in [3.05, 3.63) is 22.5 Å². The fraction of sp³-hybridized carbons (Fsp3) is 0.250. The van der Waals surface area contributed by atoms with Crippen LogP contribution in [0.5, 0.6) is 0 Å². The predicted octanol–water partition coefficient (Wildman–Crippen LogP) is 0.328. The second-order valence-corrected chi connectivity index (χ2v) is 1.40. The van der Waals surface area contributed by atoms with E-state index >= 15 is 0 Å². The quantitative estimate of drug-likeness (QED) is 0.406. The van der Waals surface area contributed by atoms with Crippen molar-refractivity contribution in [3.8, 4) is 0 Å². The van der Waals surface area contributed by atoms with Crippen molar-refractivity contribution in [1.29, 1.82) is 0 Å². The summed E-state index contributed by atoms with van der Waals surface area (Å²) in [4.78, 5) is 9.41. The molecule has 9 heavy (non-hydrogen) atoms. The van der Waals surface area contributed by atoms with Crippen molar-refractivity contribution >= 4 is 5.69 Å². The third-order valence-corrected chi connectivity index (χ3v) is 0.780. The second kappa shape index (κ2) is 1.85. The van der Waals surface area contributed by atoms with Gasteiger partial charge in [-0.3, -0.25) is 14.8 Å². The minimum absolute atomic E-state index is 0.328. The zero-order valence-electron chi connectivity index (χ0n) is 7.31. The Kier molecular flexibility index (Phi) is 0.606. The van der Waals surface area contributed by atoms with E-state index in [0.717, 1.165) is 12.4 Å². The van der Waals surface area contributed by atoms with Gasteiger partial charge in [-0.25, -0.2) is 0 Å². The molecule has 0 aliphatic rings. The van der Waals surface area contributed by atoms with Crippen molar-refractivity contribution in [3.63, 3.8) is 0 Å². The summed E-state index contributed by atoms with van der Waals surface area (Å²) in [5, 5.41) is 13.4. The van der Waals surface area contributed by atoms with E-state index in [1.54, 1.807) is 0 Å². The zero-order valence-corrected chi connectivity index (χ0v) is 4.31. The van der Waals surface area contributed by atoms with Crippen molar-refractivity contribution < 1.29 is 9.04 Å². The Morgan fingerprint density at radius 1 is 2.11 bits per heavy atom. The van der Waals surface area contributed by atoms with Crippen LogP contribution >= 0.6 is 0 Å². The van der Waals surface area contributed by atoms with E-state index < -0.39 is 11.9 Å². The SMILES string of the molecule is [2H]C([2H])([2H])n1cc([N+](=O)[O-])cn1. The van der Waals surface area contributed by atoms with Gasteiger partial charge in [-0.05, 0) is 0 Å². The lowest BCUT2D eigenvalue weighted by atomic mass is 10.6. The average molecular weight is 130 g/mol. The number of hydrogen-bond donors (Lipinski definition) is 0. The molecule has 1 aromatic rings. The predicted molar refractivity (Wildman–Crippen MR) is 29.9 cm³/mol. The van der Waals surface area contributed by atoms with Gasteiger partial charge in [0.25, 0.3) is 0 Å². The maximum absolute atomic E-state index is 10.1. The Labute approximate surface area is 55.3 Å². The van der Waals surface area contributed by atoms with Gasteiger partial charge in [0.1, 0.15) is 12.4 Å². The van der Waals surface area contributed by atoms with Gasteiger partial charge in [-0.2, -0.15) is 5.10 Å². The van der Waals surface area contributed by atoms with E-state index in [-0.39, 0.29) is 5.69 Å². The molecule has 0 saturated carbocycles. The fourth-order valence-corrected chi connectivity index (χ4v) is 0.408. The third-order valence-electron chi connectivity index (χ3n) is 0.780. The number of rotatable bonds is 1. The van der Waals surface area contributed by atoms with Crippen LogP contribution in [-0.4, -0.2) is 14.7 Å². The summed E-state index contributed by atoms with van der Waals surface area (Å²) in [5.74, 6) is 0. The molecule has 5 heteroatoms. The van der Waals surface area contributed by atoms with Crippen LogP contribution in [0, 0.1) is 10.1 Å². The van der Waals surface area contributed by atoms with Gasteiger partial charge in [0.05, 0.1) is 4.92 Å². The minimum atomic E-state index is -2.45. The molecule has 0 aromatic carbocycles. The Morgan fingerprint density at radius 2 is 2.89 bits per heavy atom. The number of aromatic nitrogens is 2. The topological polar surface area (TPSA) is 61.0 Å². The van der Waals surface area contributed by atoms with E-state index in [9.17, 15) is 10.1 Å². The summed E-state index contributed by atoms with van der Waals surface area (Å²) >= 11 is 0. The largest absolute Gasteiger partial charge is 0.306 e. The molecule has 0 unspecified atom stereocenters. The molecule has 5 nitrogen and oxygen atoms in total. The fourth-order valence-electron chi connectivity index (χ4n) is 0.408. The normalized spacial score (nSPS) is 15.8. The maximum atomic E-state index is 10.1. The molecule has 0 aliphatic carbocycles. The summed E-state index contributed by atoms with van der Waals surface area (Å²) in [6.07, 6.45) is 1.76. The van der Waals surface area contributed by atoms with Crippen LogP contribution in [0.4, 0.5) is 5.69 Å². The monoisotopic (exact) mass is 130 g/mol. The lowest BCUT2D eigenvalue weighted by molar-refractivity contribution is -0.384. The van der Waals surface area contributed by atoms with Gasteiger partial charge in [0.2, 0.25) is 0 Å². The van der Waals surface area contributed by atoms with E-state index in [0.29, 0.717) is 4.68 Å². The molecule has 1 aromatic heterocycles. The first-order valence-corrected chi connectivity index (χ1v) is 2.11. The highest BCUT2D eigenvalue weighted by Gasteiger charge is 2.05. The van der Waals surface area contributed by atoms with Crippen LogP contribution < -0.4 is 0 Å². The van der Waals surface area contributed by atoms with Crippen LogP contribution in [-0.2, 0) is 6.98 Å². The van der Waals surface area contributed by atoms with Crippen LogP contribution in [0.15, 0.2) is 12.4 Å². The van der Waals surface area contributed by atoms with Crippen molar-refractivity contribution in [2.24, 2.45) is 6.98 Å². The molecule has 0 spiro atoms. The molecule has 0 amide bonds. The molecule has 0 N–H and O–H groups in total. The van der Waals surface area contributed by atoms with Crippen LogP contribution in [0.25, 0.3) is 0 Å². The van der Waals surface area contributed by atoms with E-state index in [2.05, 4.69) is 5.10 Å². The summed E-state index contributed by atoms with van der Waals surface area (Å²) in [6, 6.07) is 0. The molecule has 0 fully saturated rings. The van der Waals surface area contributed by atoms with Gasteiger partial charge in [0, 0.05) is 11.1 Å². The molecule has 1 heterocycles. The molecule has 1 rings (SSSR count). The summed E-state index contributed by atoms with van der Waals surface area (Å²) in [6.45, 7) is -2.45. The van der Waals surface area contributed by atoms with Crippen LogP contribution in [0.1, 0.15) is 4.11 Å². The lowest BCUT2D eigenvalue weighted by Crippen LogP contribution is -1.86. The molecule has 0 saturated heterocycles. The smallest absolute Gasteiger partial charge is 0.269 e. The van der Waals surface area contributed by atoms with Gasteiger partial charge in [0.15, 0.2) is 0 Å².